The van der Waals surface area contributed by atoms with Crippen LogP contribution in [0.5, 0.6) is 0 Å². The Balaban J connectivity index is 2.90. The van der Waals surface area contributed by atoms with Crippen LogP contribution in [0.3, 0.4) is 0 Å². The molecule has 0 bridgehead atoms. The van der Waals surface area contributed by atoms with E-state index in [1.165, 1.54) is 11.1 Å². The first-order chi connectivity index (χ1) is 5.24. The van der Waals surface area contributed by atoms with Crippen LogP contribution >= 0.6 is 11.6 Å². The van der Waals surface area contributed by atoms with Crippen LogP contribution in [0.2, 0.25) is 0 Å². The largest absolute Gasteiger partial charge is 0.120 e. The van der Waals surface area contributed by atoms with Crippen molar-refractivity contribution in [1.82, 2.24) is 0 Å². The van der Waals surface area contributed by atoms with Crippen molar-refractivity contribution in [2.24, 2.45) is 0 Å². The zero-order chi connectivity index (χ0) is 8.27. The molecule has 0 saturated heterocycles. The van der Waals surface area contributed by atoms with Gasteiger partial charge in [0.1, 0.15) is 0 Å². The van der Waals surface area contributed by atoms with Crippen molar-refractivity contribution >= 4 is 11.6 Å². The van der Waals surface area contributed by atoms with E-state index in [0.29, 0.717) is 0 Å². The minimum absolute atomic E-state index is 0.869. The molecule has 1 rings (SSSR count). The van der Waals surface area contributed by atoms with Crippen LogP contribution in [0.15, 0.2) is 28.0 Å². The summed E-state index contributed by atoms with van der Waals surface area (Å²) in [6.45, 7) is 4.24. The topological polar surface area (TPSA) is 0 Å². The molecular formula is C10H13Cl. The van der Waals surface area contributed by atoms with Crippen molar-refractivity contribution in [2.75, 3.05) is 0 Å². The molecule has 0 amide bonds. The van der Waals surface area contributed by atoms with E-state index >= 15 is 0 Å². The Labute approximate surface area is 73.3 Å². The zero-order valence-corrected chi connectivity index (χ0v) is 7.83. The summed E-state index contributed by atoms with van der Waals surface area (Å²) >= 11 is 5.94. The third-order valence-corrected chi connectivity index (χ3v) is 2.47. The van der Waals surface area contributed by atoms with E-state index < -0.39 is 0 Å². The minimum Gasteiger partial charge on any atom is -0.120 e. The summed E-state index contributed by atoms with van der Waals surface area (Å²) in [5.41, 5.74) is 5.87. The lowest BCUT2D eigenvalue weighted by molar-refractivity contribution is 0.881. The third-order valence-electron chi connectivity index (χ3n) is 2.04. The molecule has 0 unspecified atom stereocenters. The second-order valence-corrected chi connectivity index (χ2v) is 3.28. The van der Waals surface area contributed by atoms with Gasteiger partial charge >= 0.3 is 0 Å². The fourth-order valence-electron chi connectivity index (χ4n) is 1.10. The predicted octanol–water partition coefficient (Wildman–Crippen LogP) is 3.78. The molecule has 0 aliphatic heterocycles. The highest BCUT2D eigenvalue weighted by atomic mass is 35.5. The molecule has 1 heteroatoms. The Bertz CT molecular complexity index is 240. The lowest BCUT2D eigenvalue weighted by Gasteiger charge is -1.99. The van der Waals surface area contributed by atoms with Crippen molar-refractivity contribution in [3.05, 3.63) is 28.0 Å². The van der Waals surface area contributed by atoms with E-state index in [-0.39, 0.29) is 0 Å². The van der Waals surface area contributed by atoms with Crippen molar-refractivity contribution in [1.29, 1.82) is 0 Å². The van der Waals surface area contributed by atoms with Gasteiger partial charge in [0.2, 0.25) is 0 Å². The quantitative estimate of drug-likeness (QED) is 0.523. The van der Waals surface area contributed by atoms with Gasteiger partial charge in [0.15, 0.2) is 0 Å². The van der Waals surface area contributed by atoms with Crippen molar-refractivity contribution in [3.8, 4) is 0 Å². The molecule has 1 aliphatic carbocycles. The second-order valence-electron chi connectivity index (χ2n) is 2.87. The fourth-order valence-corrected chi connectivity index (χ4v) is 1.25. The van der Waals surface area contributed by atoms with E-state index in [0.717, 1.165) is 24.3 Å². The smallest absolute Gasteiger partial charge is 0.0472 e. The highest BCUT2D eigenvalue weighted by molar-refractivity contribution is 6.31. The molecule has 11 heavy (non-hydrogen) atoms. The predicted molar refractivity (Wildman–Crippen MR) is 49.7 cm³/mol. The maximum Gasteiger partial charge on any atom is 0.0472 e. The fraction of sp³-hybridized carbons (Fsp3) is 0.500. The Kier molecular flexibility index (Phi) is 2.99. The van der Waals surface area contributed by atoms with Crippen molar-refractivity contribution in [3.63, 3.8) is 0 Å². The maximum absolute atomic E-state index is 5.94. The van der Waals surface area contributed by atoms with Gasteiger partial charge in [0.05, 0.1) is 0 Å². The van der Waals surface area contributed by atoms with E-state index in [9.17, 15) is 0 Å². The maximum atomic E-state index is 5.94. The molecule has 60 valence electrons. The molecule has 0 heterocycles. The lowest BCUT2D eigenvalue weighted by Crippen LogP contribution is -1.81. The number of hydrogen-bond acceptors (Lipinski definition) is 0. The van der Waals surface area contributed by atoms with Crippen LogP contribution in [-0.4, -0.2) is 0 Å². The summed E-state index contributed by atoms with van der Waals surface area (Å²) in [7, 11) is 0. The Morgan fingerprint density at radius 3 is 2.91 bits per heavy atom. The monoisotopic (exact) mass is 168 g/mol. The zero-order valence-electron chi connectivity index (χ0n) is 7.08. The molecule has 0 aromatic heterocycles. The van der Waals surface area contributed by atoms with E-state index in [1.54, 1.807) is 0 Å². The third kappa shape index (κ3) is 2.25. The first-order valence-corrected chi connectivity index (χ1v) is 4.41. The summed E-state index contributed by atoms with van der Waals surface area (Å²) in [5, 5.41) is 0.869. The molecule has 0 N–H and O–H groups in total. The van der Waals surface area contributed by atoms with Crippen LogP contribution in [0.4, 0.5) is 0 Å². The Hall–Kier alpha value is -0.450. The van der Waals surface area contributed by atoms with Gasteiger partial charge < -0.3 is 0 Å². The van der Waals surface area contributed by atoms with Crippen LogP contribution in [-0.2, 0) is 0 Å². The van der Waals surface area contributed by atoms with Crippen LogP contribution in [0.1, 0.15) is 33.1 Å². The first-order valence-electron chi connectivity index (χ1n) is 4.03. The molecular weight excluding hydrogens is 156 g/mol. The van der Waals surface area contributed by atoms with E-state index in [2.05, 4.69) is 19.6 Å². The standard InChI is InChI=1S/C10H13Cl/c1-3-9-5-4-8(2)10(11)7-6-9/h7H,3-5H2,1-2H3. The highest BCUT2D eigenvalue weighted by Crippen LogP contribution is 2.22. The molecule has 1 aliphatic rings. The van der Waals surface area contributed by atoms with Gasteiger partial charge in [-0.2, -0.15) is 0 Å². The van der Waals surface area contributed by atoms with E-state index in [1.807, 2.05) is 6.08 Å². The number of halogens is 1. The molecule has 0 nitrogen and oxygen atoms in total. The molecule has 0 aromatic carbocycles. The number of rotatable bonds is 1. The summed E-state index contributed by atoms with van der Waals surface area (Å²) < 4.78 is 0. The van der Waals surface area contributed by atoms with Gasteiger partial charge in [-0.05, 0) is 37.8 Å². The molecule has 0 fully saturated rings. The Morgan fingerprint density at radius 2 is 2.27 bits per heavy atom. The van der Waals surface area contributed by atoms with Gasteiger partial charge in [-0.25, -0.2) is 0 Å². The summed E-state index contributed by atoms with van der Waals surface area (Å²) in [4.78, 5) is 0. The van der Waals surface area contributed by atoms with Crippen molar-refractivity contribution in [2.45, 2.75) is 33.1 Å². The van der Waals surface area contributed by atoms with Crippen LogP contribution in [0, 0.1) is 0 Å². The average molecular weight is 169 g/mol. The Morgan fingerprint density at radius 1 is 1.55 bits per heavy atom. The lowest BCUT2D eigenvalue weighted by atomic mass is 10.1. The summed E-state index contributed by atoms with van der Waals surface area (Å²) in [6, 6.07) is 0. The van der Waals surface area contributed by atoms with Gasteiger partial charge in [0.25, 0.3) is 0 Å². The first kappa shape index (κ1) is 8.64. The second kappa shape index (κ2) is 3.80. The molecule has 0 aromatic rings. The van der Waals surface area contributed by atoms with E-state index in [4.69, 9.17) is 11.6 Å². The molecule has 0 radical (unpaired) electrons. The average Bonchev–Trinajstić information content (AvgIpc) is 2.16. The van der Waals surface area contributed by atoms with Gasteiger partial charge in [0, 0.05) is 5.03 Å². The normalized spacial score (nSPS) is 18.3. The van der Waals surface area contributed by atoms with Crippen LogP contribution in [0.25, 0.3) is 0 Å². The SMILES string of the molecule is CCC1=C=CC(Cl)=C(C)CC1. The van der Waals surface area contributed by atoms with Gasteiger partial charge in [-0.15, -0.1) is 5.73 Å². The molecule has 0 spiro atoms. The van der Waals surface area contributed by atoms with Crippen LogP contribution < -0.4 is 0 Å². The number of hydrogen-bond donors (Lipinski definition) is 0. The number of allylic oxidation sites excluding steroid dienone is 3. The highest BCUT2D eigenvalue weighted by Gasteiger charge is 2.02. The summed E-state index contributed by atoms with van der Waals surface area (Å²) in [5.74, 6) is 0. The minimum atomic E-state index is 0.869. The van der Waals surface area contributed by atoms with Gasteiger partial charge in [-0.3, -0.25) is 0 Å². The van der Waals surface area contributed by atoms with Crippen molar-refractivity contribution < 1.29 is 0 Å². The molecule has 0 saturated carbocycles. The molecule has 0 atom stereocenters. The van der Waals surface area contributed by atoms with Gasteiger partial charge in [-0.1, -0.05) is 24.1 Å². The summed E-state index contributed by atoms with van der Waals surface area (Å²) in [6.07, 6.45) is 5.19.